The number of ketones is 1. The highest BCUT2D eigenvalue weighted by atomic mass is 32.1. The van der Waals surface area contributed by atoms with Crippen LogP contribution >= 0.6 is 11.3 Å². The zero-order valence-electron chi connectivity index (χ0n) is 16.6. The number of hydrogen-bond donors (Lipinski definition) is 0. The first-order valence-corrected chi connectivity index (χ1v) is 11.0. The van der Waals surface area contributed by atoms with Crippen molar-refractivity contribution in [2.24, 2.45) is 11.8 Å². The van der Waals surface area contributed by atoms with Crippen LogP contribution < -0.4 is 4.74 Å². The Labute approximate surface area is 178 Å². The van der Waals surface area contributed by atoms with Crippen LogP contribution in [-0.2, 0) is 0 Å². The zero-order valence-corrected chi connectivity index (χ0v) is 17.4. The summed E-state index contributed by atoms with van der Waals surface area (Å²) < 4.78 is 7.55. The second-order valence-electron chi connectivity index (χ2n) is 7.99. The van der Waals surface area contributed by atoms with Gasteiger partial charge in [0.1, 0.15) is 16.5 Å². The highest BCUT2D eigenvalue weighted by molar-refractivity contribution is 7.13. The SMILES string of the molecule is CC(=O)c1ccn(C(=O)N2C[C@H]3CC(Oc4cccc(-c5nccs5)c4)C[C@H]3C2)n1. The maximum Gasteiger partial charge on any atom is 0.344 e. The highest BCUT2D eigenvalue weighted by Crippen LogP contribution is 2.40. The van der Waals surface area contributed by atoms with Crippen LogP contribution in [0.3, 0.4) is 0 Å². The van der Waals surface area contributed by atoms with Crippen molar-refractivity contribution in [2.75, 3.05) is 13.1 Å². The van der Waals surface area contributed by atoms with Crippen molar-refractivity contribution in [3.8, 4) is 16.3 Å². The lowest BCUT2D eigenvalue weighted by molar-refractivity contribution is 0.101. The Morgan fingerprint density at radius 2 is 1.97 bits per heavy atom. The molecule has 3 atom stereocenters. The lowest BCUT2D eigenvalue weighted by Gasteiger charge is -2.20. The van der Waals surface area contributed by atoms with Crippen LogP contribution in [0.5, 0.6) is 5.75 Å². The number of nitrogens with zero attached hydrogens (tertiary/aromatic N) is 4. The number of rotatable bonds is 4. The summed E-state index contributed by atoms with van der Waals surface area (Å²) in [5.74, 6) is 1.60. The van der Waals surface area contributed by atoms with Gasteiger partial charge in [-0.05, 0) is 42.9 Å². The maximum absolute atomic E-state index is 12.7. The number of benzene rings is 1. The number of carbonyl (C=O) groups is 2. The zero-order chi connectivity index (χ0) is 20.7. The number of ether oxygens (including phenoxy) is 1. The molecule has 1 amide bonds. The van der Waals surface area contributed by atoms with Gasteiger partial charge in [0, 0.05) is 43.4 Å². The lowest BCUT2D eigenvalue weighted by Crippen LogP contribution is -2.34. The molecule has 0 spiro atoms. The predicted molar refractivity (Wildman–Crippen MR) is 113 cm³/mol. The summed E-state index contributed by atoms with van der Waals surface area (Å²) in [5, 5.41) is 7.06. The van der Waals surface area contributed by atoms with Gasteiger partial charge in [-0.25, -0.2) is 9.78 Å². The number of hydrogen-bond acceptors (Lipinski definition) is 6. The first kappa shape index (κ1) is 19.0. The number of Topliss-reactive ketones (excluding diaryl/α,β-unsaturated/α-hetero) is 1. The molecular formula is C22H22N4O3S. The van der Waals surface area contributed by atoms with E-state index in [0.717, 1.165) is 29.2 Å². The van der Waals surface area contributed by atoms with Gasteiger partial charge in [-0.1, -0.05) is 12.1 Å². The number of fused-ring (bicyclic) bond motifs is 1. The Hall–Kier alpha value is -3.00. The number of amides is 1. The van der Waals surface area contributed by atoms with Gasteiger partial charge in [0.2, 0.25) is 0 Å². The average Bonchev–Trinajstić information content (AvgIpc) is 3.50. The molecule has 2 fully saturated rings. The van der Waals surface area contributed by atoms with E-state index in [1.807, 2.05) is 40.7 Å². The molecule has 2 aromatic heterocycles. The molecule has 0 radical (unpaired) electrons. The summed E-state index contributed by atoms with van der Waals surface area (Å²) in [6.45, 7) is 2.86. The van der Waals surface area contributed by atoms with Crippen LogP contribution in [-0.4, -0.2) is 50.7 Å². The third-order valence-corrected chi connectivity index (χ3v) is 6.76. The molecule has 2 aliphatic rings. The van der Waals surface area contributed by atoms with Gasteiger partial charge in [0.05, 0.1) is 6.10 Å². The first-order valence-electron chi connectivity index (χ1n) is 10.1. The van der Waals surface area contributed by atoms with Crippen molar-refractivity contribution >= 4 is 23.2 Å². The topological polar surface area (TPSA) is 77.3 Å². The van der Waals surface area contributed by atoms with Gasteiger partial charge in [0.15, 0.2) is 5.78 Å². The fourth-order valence-electron chi connectivity index (χ4n) is 4.52. The molecule has 1 aliphatic heterocycles. The van der Waals surface area contributed by atoms with Gasteiger partial charge < -0.3 is 9.64 Å². The Kier molecular flexibility index (Phi) is 4.86. The maximum atomic E-state index is 12.7. The number of thiazole rings is 1. The van der Waals surface area contributed by atoms with E-state index in [4.69, 9.17) is 4.74 Å². The van der Waals surface area contributed by atoms with E-state index in [9.17, 15) is 9.59 Å². The molecule has 1 aromatic carbocycles. The molecule has 0 N–H and O–H groups in total. The van der Waals surface area contributed by atoms with E-state index < -0.39 is 0 Å². The number of aromatic nitrogens is 3. The third-order valence-electron chi connectivity index (χ3n) is 5.94. The summed E-state index contributed by atoms with van der Waals surface area (Å²) in [5.41, 5.74) is 1.39. The Morgan fingerprint density at radius 3 is 2.63 bits per heavy atom. The predicted octanol–water partition coefficient (Wildman–Crippen LogP) is 3.97. The van der Waals surface area contributed by atoms with Crippen LogP contribution in [0.4, 0.5) is 4.79 Å². The molecule has 5 rings (SSSR count). The lowest BCUT2D eigenvalue weighted by atomic mass is 10.0. The molecule has 7 nitrogen and oxygen atoms in total. The summed E-state index contributed by atoms with van der Waals surface area (Å²) in [6, 6.07) is 9.51. The van der Waals surface area contributed by atoms with Gasteiger partial charge in [0.25, 0.3) is 0 Å². The minimum atomic E-state index is -0.162. The number of likely N-dealkylation sites (tertiary alicyclic amines) is 1. The summed E-state index contributed by atoms with van der Waals surface area (Å²) in [4.78, 5) is 30.3. The van der Waals surface area contributed by atoms with Gasteiger partial charge in [-0.2, -0.15) is 9.78 Å². The minimum absolute atomic E-state index is 0.140. The molecule has 8 heteroatoms. The van der Waals surface area contributed by atoms with Crippen LogP contribution in [0, 0.1) is 11.8 Å². The largest absolute Gasteiger partial charge is 0.490 e. The van der Waals surface area contributed by atoms with E-state index in [1.165, 1.54) is 11.6 Å². The van der Waals surface area contributed by atoms with E-state index >= 15 is 0 Å². The molecule has 0 bridgehead atoms. The first-order chi connectivity index (χ1) is 14.6. The summed E-state index contributed by atoms with van der Waals surface area (Å²) in [7, 11) is 0. The van der Waals surface area contributed by atoms with Crippen molar-refractivity contribution in [3.63, 3.8) is 0 Å². The van der Waals surface area contributed by atoms with Crippen molar-refractivity contribution in [2.45, 2.75) is 25.9 Å². The van der Waals surface area contributed by atoms with Crippen molar-refractivity contribution in [1.82, 2.24) is 19.7 Å². The fraction of sp³-hybridized carbons (Fsp3) is 0.364. The van der Waals surface area contributed by atoms with Crippen molar-refractivity contribution in [3.05, 3.63) is 53.8 Å². The van der Waals surface area contributed by atoms with Gasteiger partial charge >= 0.3 is 6.03 Å². The molecule has 30 heavy (non-hydrogen) atoms. The van der Waals surface area contributed by atoms with Crippen molar-refractivity contribution in [1.29, 1.82) is 0 Å². The smallest absolute Gasteiger partial charge is 0.344 e. The van der Waals surface area contributed by atoms with Crippen LogP contribution in [0.1, 0.15) is 30.3 Å². The number of carbonyl (C=O) groups excluding carboxylic acids is 2. The van der Waals surface area contributed by atoms with Crippen LogP contribution in [0.25, 0.3) is 10.6 Å². The second-order valence-corrected chi connectivity index (χ2v) is 8.88. The highest BCUT2D eigenvalue weighted by Gasteiger charge is 2.43. The van der Waals surface area contributed by atoms with Crippen LogP contribution in [0.2, 0.25) is 0 Å². The Balaban J connectivity index is 1.20. The molecule has 3 heterocycles. The van der Waals surface area contributed by atoms with Crippen LogP contribution in [0.15, 0.2) is 48.1 Å². The molecule has 1 saturated carbocycles. The second kappa shape index (κ2) is 7.68. The molecule has 1 saturated heterocycles. The minimum Gasteiger partial charge on any atom is -0.490 e. The average molecular weight is 423 g/mol. The van der Waals surface area contributed by atoms with Gasteiger partial charge in [-0.15, -0.1) is 11.3 Å². The van der Waals surface area contributed by atoms with E-state index in [-0.39, 0.29) is 17.9 Å². The Bertz CT molecular complexity index is 1060. The molecule has 3 aromatic rings. The van der Waals surface area contributed by atoms with Gasteiger partial charge in [-0.3, -0.25) is 4.79 Å². The summed E-state index contributed by atoms with van der Waals surface area (Å²) in [6.07, 6.45) is 5.41. The third kappa shape index (κ3) is 3.63. The van der Waals surface area contributed by atoms with Crippen molar-refractivity contribution < 1.29 is 14.3 Å². The Morgan fingerprint density at radius 1 is 1.17 bits per heavy atom. The normalized spacial score (nSPS) is 22.8. The monoisotopic (exact) mass is 422 g/mol. The summed E-state index contributed by atoms with van der Waals surface area (Å²) >= 11 is 1.62. The standard InChI is InChI=1S/C22H22N4O3S/c1-14(27)20-5-7-26(24-20)22(28)25-12-16-10-19(11-17(16)13-25)29-18-4-2-3-15(9-18)21-23-6-8-30-21/h2-9,16-17,19H,10-13H2,1H3/t16-,17+,19?. The van der Waals surface area contributed by atoms with E-state index in [2.05, 4.69) is 10.1 Å². The molecule has 154 valence electrons. The molecule has 1 aliphatic carbocycles. The molecule has 1 unspecified atom stereocenters. The molecular weight excluding hydrogens is 400 g/mol. The van der Waals surface area contributed by atoms with E-state index in [0.29, 0.717) is 30.6 Å². The fourth-order valence-corrected chi connectivity index (χ4v) is 5.16. The quantitative estimate of drug-likeness (QED) is 0.595. The van der Waals surface area contributed by atoms with E-state index in [1.54, 1.807) is 23.6 Å².